The van der Waals surface area contributed by atoms with E-state index in [-0.39, 0.29) is 28.1 Å². The highest BCUT2D eigenvalue weighted by Gasteiger charge is 2.64. The van der Waals surface area contributed by atoms with E-state index in [2.05, 4.69) is 39.9 Å². The van der Waals surface area contributed by atoms with Crippen molar-refractivity contribution in [3.8, 4) is 0 Å². The van der Waals surface area contributed by atoms with Crippen LogP contribution >= 0.6 is 0 Å². The molecule has 10 atom stereocenters. The maximum absolute atomic E-state index is 12.8. The molecule has 0 aliphatic heterocycles. The molecule has 5 heteroatoms. The molecule has 0 aromatic rings. The molecular formula is C27H47NO4. The number of aliphatic hydroxyl groups excluding tert-OH is 2. The molecule has 32 heavy (non-hydrogen) atoms. The van der Waals surface area contributed by atoms with Crippen LogP contribution in [0.2, 0.25) is 0 Å². The fourth-order valence-corrected chi connectivity index (χ4v) is 8.82. The average molecular weight is 450 g/mol. The van der Waals surface area contributed by atoms with E-state index in [9.17, 15) is 15.0 Å². The van der Waals surface area contributed by atoms with Gasteiger partial charge in [0.05, 0.1) is 25.2 Å². The molecule has 4 rings (SSSR count). The van der Waals surface area contributed by atoms with Gasteiger partial charge in [0.2, 0.25) is 0 Å². The normalized spacial score (nSPS) is 48.5. The predicted octanol–water partition coefficient (Wildman–Crippen LogP) is 4.15. The van der Waals surface area contributed by atoms with E-state index in [1.54, 1.807) is 0 Å². The number of carbonyl (C=O) groups is 1. The third kappa shape index (κ3) is 4.05. The average Bonchev–Trinajstić information content (AvgIpc) is 3.04. The SMILES string of the molecule is COC(=O)C1CC[C@H]2[C@@H]3CCC4CC(O)C(O)C[C@]4(C)[C@@H]3C(NCCC(C)(C)C)C[C@]12C. The molecule has 4 aliphatic carbocycles. The summed E-state index contributed by atoms with van der Waals surface area (Å²) in [6, 6.07) is 0.337. The summed E-state index contributed by atoms with van der Waals surface area (Å²) >= 11 is 0. The number of rotatable bonds is 4. The van der Waals surface area contributed by atoms with Crippen LogP contribution in [0.25, 0.3) is 0 Å². The zero-order valence-corrected chi connectivity index (χ0v) is 21.2. The van der Waals surface area contributed by atoms with Crippen LogP contribution in [-0.2, 0) is 9.53 Å². The quantitative estimate of drug-likeness (QED) is 0.562. The second kappa shape index (κ2) is 8.53. The summed E-state index contributed by atoms with van der Waals surface area (Å²) < 4.78 is 5.26. The molecule has 0 spiro atoms. The molecule has 0 radical (unpaired) electrons. The topological polar surface area (TPSA) is 78.8 Å². The first-order chi connectivity index (χ1) is 14.9. The number of hydrogen-bond acceptors (Lipinski definition) is 5. The Morgan fingerprint density at radius 1 is 1.03 bits per heavy atom. The largest absolute Gasteiger partial charge is 0.469 e. The molecule has 184 valence electrons. The van der Waals surface area contributed by atoms with Crippen molar-refractivity contribution in [2.24, 2.45) is 45.8 Å². The number of fused-ring (bicyclic) bond motifs is 5. The van der Waals surface area contributed by atoms with E-state index in [4.69, 9.17) is 4.74 Å². The standard InChI is InChI=1S/C27H47NO4/c1-25(2,3)11-12-28-20-14-27(5)18(9-10-19(27)24(31)32-6)17-8-7-16-13-21(29)22(30)15-26(16,4)23(17)20/h16-23,28-30H,7-15H2,1-6H3/t16?,17-,18-,19?,20?,21?,22?,23-,26-,27-/m0/s1. The zero-order valence-electron chi connectivity index (χ0n) is 21.2. The van der Waals surface area contributed by atoms with E-state index in [0.29, 0.717) is 36.1 Å². The monoisotopic (exact) mass is 449 g/mol. The Morgan fingerprint density at radius 3 is 2.41 bits per heavy atom. The van der Waals surface area contributed by atoms with Gasteiger partial charge in [-0.25, -0.2) is 0 Å². The van der Waals surface area contributed by atoms with Crippen molar-refractivity contribution >= 4 is 5.97 Å². The Kier molecular flexibility index (Phi) is 6.53. The Labute approximate surface area is 195 Å². The van der Waals surface area contributed by atoms with E-state index in [1.165, 1.54) is 13.5 Å². The first kappa shape index (κ1) is 24.5. The molecule has 5 nitrogen and oxygen atoms in total. The molecule has 0 bridgehead atoms. The van der Waals surface area contributed by atoms with Crippen LogP contribution in [0.4, 0.5) is 0 Å². The van der Waals surface area contributed by atoms with Crippen molar-refractivity contribution in [2.45, 2.75) is 104 Å². The third-order valence-corrected chi connectivity index (χ3v) is 10.4. The number of esters is 1. The van der Waals surface area contributed by atoms with E-state index >= 15 is 0 Å². The van der Waals surface area contributed by atoms with E-state index in [0.717, 1.165) is 45.1 Å². The van der Waals surface area contributed by atoms with Crippen LogP contribution < -0.4 is 5.32 Å². The maximum atomic E-state index is 12.8. The van der Waals surface area contributed by atoms with Crippen molar-refractivity contribution in [1.29, 1.82) is 0 Å². The molecule has 4 saturated carbocycles. The van der Waals surface area contributed by atoms with Gasteiger partial charge >= 0.3 is 5.97 Å². The second-order valence-corrected chi connectivity index (χ2v) is 13.4. The molecular weight excluding hydrogens is 402 g/mol. The Balaban J connectivity index is 1.67. The fourth-order valence-electron chi connectivity index (χ4n) is 8.82. The molecule has 0 saturated heterocycles. The van der Waals surface area contributed by atoms with Gasteiger partial charge in [-0.2, -0.15) is 0 Å². The smallest absolute Gasteiger partial charge is 0.309 e. The van der Waals surface area contributed by atoms with Crippen molar-refractivity contribution < 1.29 is 19.7 Å². The lowest BCUT2D eigenvalue weighted by Gasteiger charge is -2.63. The van der Waals surface area contributed by atoms with Gasteiger partial charge in [-0.1, -0.05) is 34.6 Å². The van der Waals surface area contributed by atoms with E-state index < -0.39 is 12.2 Å². The van der Waals surface area contributed by atoms with Gasteiger partial charge in [-0.15, -0.1) is 0 Å². The Hall–Kier alpha value is -0.650. The fraction of sp³-hybridized carbons (Fsp3) is 0.963. The van der Waals surface area contributed by atoms with Crippen molar-refractivity contribution in [3.63, 3.8) is 0 Å². The van der Waals surface area contributed by atoms with Gasteiger partial charge in [-0.05, 0) is 97.8 Å². The predicted molar refractivity (Wildman–Crippen MR) is 126 cm³/mol. The van der Waals surface area contributed by atoms with Gasteiger partial charge in [0.1, 0.15) is 0 Å². The summed E-state index contributed by atoms with van der Waals surface area (Å²) in [4.78, 5) is 12.8. The summed E-state index contributed by atoms with van der Waals surface area (Å²) in [6.45, 7) is 12.6. The lowest BCUT2D eigenvalue weighted by atomic mass is 9.43. The van der Waals surface area contributed by atoms with Crippen LogP contribution in [0, 0.1) is 45.8 Å². The summed E-state index contributed by atoms with van der Waals surface area (Å²) in [5, 5.41) is 25.1. The lowest BCUT2D eigenvalue weighted by molar-refractivity contribution is -0.175. The van der Waals surface area contributed by atoms with Gasteiger partial charge in [0.15, 0.2) is 0 Å². The molecule has 3 N–H and O–H groups in total. The minimum absolute atomic E-state index is 0.00494. The minimum Gasteiger partial charge on any atom is -0.469 e. The summed E-state index contributed by atoms with van der Waals surface area (Å²) in [7, 11) is 1.53. The van der Waals surface area contributed by atoms with Gasteiger partial charge in [-0.3, -0.25) is 4.79 Å². The van der Waals surface area contributed by atoms with Crippen LogP contribution in [0.3, 0.4) is 0 Å². The number of methoxy groups -OCH3 is 1. The van der Waals surface area contributed by atoms with Gasteiger partial charge in [0.25, 0.3) is 0 Å². The minimum atomic E-state index is -0.620. The molecule has 0 aromatic heterocycles. The Morgan fingerprint density at radius 2 is 1.75 bits per heavy atom. The van der Waals surface area contributed by atoms with Crippen LogP contribution in [-0.4, -0.2) is 48.1 Å². The molecule has 5 unspecified atom stereocenters. The third-order valence-electron chi connectivity index (χ3n) is 10.4. The van der Waals surface area contributed by atoms with Crippen LogP contribution in [0.5, 0.6) is 0 Å². The van der Waals surface area contributed by atoms with Crippen LogP contribution in [0.1, 0.15) is 86.0 Å². The number of carbonyl (C=O) groups excluding carboxylic acids is 1. The first-order valence-corrected chi connectivity index (χ1v) is 13.1. The Bertz CT molecular complexity index is 704. The highest BCUT2D eigenvalue weighted by molar-refractivity contribution is 5.74. The summed E-state index contributed by atoms with van der Waals surface area (Å²) in [6.07, 6.45) is 6.69. The van der Waals surface area contributed by atoms with Crippen LogP contribution in [0.15, 0.2) is 0 Å². The lowest BCUT2D eigenvalue weighted by Crippen LogP contribution is -2.64. The number of aliphatic hydroxyl groups is 2. The summed E-state index contributed by atoms with van der Waals surface area (Å²) in [5.41, 5.74) is 0.287. The molecule has 4 aliphatic rings. The number of ether oxygens (including phenoxy) is 1. The molecule has 0 heterocycles. The van der Waals surface area contributed by atoms with Crippen molar-refractivity contribution in [1.82, 2.24) is 5.32 Å². The molecule has 0 amide bonds. The van der Waals surface area contributed by atoms with Gasteiger partial charge < -0.3 is 20.3 Å². The maximum Gasteiger partial charge on any atom is 0.309 e. The van der Waals surface area contributed by atoms with Crippen molar-refractivity contribution in [3.05, 3.63) is 0 Å². The van der Waals surface area contributed by atoms with Crippen molar-refractivity contribution in [2.75, 3.05) is 13.7 Å². The molecule has 0 aromatic carbocycles. The second-order valence-electron chi connectivity index (χ2n) is 13.4. The first-order valence-electron chi connectivity index (χ1n) is 13.1. The summed E-state index contributed by atoms with van der Waals surface area (Å²) in [5.74, 6) is 2.03. The highest BCUT2D eigenvalue weighted by Crippen LogP contribution is 2.67. The molecule has 4 fully saturated rings. The highest BCUT2D eigenvalue weighted by atomic mass is 16.5. The number of hydrogen-bond donors (Lipinski definition) is 3. The number of nitrogens with one attached hydrogen (secondary N) is 1. The van der Waals surface area contributed by atoms with Gasteiger partial charge in [0, 0.05) is 6.04 Å². The zero-order chi connectivity index (χ0) is 23.5. The van der Waals surface area contributed by atoms with E-state index in [1.807, 2.05) is 0 Å².